The molecule has 8 bridgehead atoms. The summed E-state index contributed by atoms with van der Waals surface area (Å²) in [6.45, 7) is 0. The molecular formula is C32H16CuN8O4. The average molecular weight is 640 g/mol. The van der Waals surface area contributed by atoms with Gasteiger partial charge < -0.3 is 50.3 Å². The van der Waals surface area contributed by atoms with E-state index in [4.69, 9.17) is 39.9 Å². The Labute approximate surface area is 262 Å². The van der Waals surface area contributed by atoms with Crippen LogP contribution in [0, 0.1) is 0 Å². The normalized spacial score (nSPS) is 11.7. The van der Waals surface area contributed by atoms with E-state index in [0.29, 0.717) is 66.7 Å². The number of nitrogens with zero attached hydrogens (tertiary/aromatic N) is 8. The molecule has 1 radical (unpaired) electrons. The van der Waals surface area contributed by atoms with Crippen molar-refractivity contribution < 1.29 is 37.5 Å². The summed E-state index contributed by atoms with van der Waals surface area (Å²) in [6.07, 6.45) is 0. The van der Waals surface area contributed by atoms with Gasteiger partial charge in [-0.25, -0.2) is 9.97 Å². The monoisotopic (exact) mass is 639 g/mol. The number of phenols is 4. The van der Waals surface area contributed by atoms with Gasteiger partial charge in [-0.1, -0.05) is 0 Å². The quantitative estimate of drug-likeness (QED) is 0.164. The first-order valence-electron chi connectivity index (χ1n) is 13.4. The third-order valence-corrected chi connectivity index (χ3v) is 7.63. The second-order valence-electron chi connectivity index (χ2n) is 10.4. The summed E-state index contributed by atoms with van der Waals surface area (Å²) >= 11 is 0. The van der Waals surface area contributed by atoms with Crippen molar-refractivity contribution >= 4 is 44.1 Å². The summed E-state index contributed by atoms with van der Waals surface area (Å²) in [7, 11) is 0. The second-order valence-corrected chi connectivity index (χ2v) is 10.4. The number of hydrogen-bond donors (Lipinski definition) is 4. The van der Waals surface area contributed by atoms with E-state index < -0.39 is 0 Å². The van der Waals surface area contributed by atoms with Crippen LogP contribution in [0.15, 0.2) is 72.8 Å². The van der Waals surface area contributed by atoms with Gasteiger partial charge in [0.2, 0.25) is 0 Å². The zero-order valence-corrected chi connectivity index (χ0v) is 23.5. The van der Waals surface area contributed by atoms with Gasteiger partial charge in [-0.3, -0.25) is 0 Å². The molecule has 3 aromatic heterocycles. The van der Waals surface area contributed by atoms with Crippen molar-refractivity contribution in [3.05, 3.63) is 72.8 Å². The summed E-state index contributed by atoms with van der Waals surface area (Å²) < 4.78 is 0. The molecule has 7 aromatic rings. The molecule has 13 heteroatoms. The Morgan fingerprint density at radius 2 is 0.689 bits per heavy atom. The van der Waals surface area contributed by atoms with Gasteiger partial charge in [-0.15, -0.1) is 0 Å². The van der Waals surface area contributed by atoms with Crippen LogP contribution in [0.5, 0.6) is 23.0 Å². The molecule has 0 aliphatic carbocycles. The van der Waals surface area contributed by atoms with Crippen LogP contribution in [-0.4, -0.2) is 50.3 Å². The molecule has 0 fully saturated rings. The molecule has 219 valence electrons. The fraction of sp³-hybridized carbons (Fsp3) is 0. The predicted molar refractivity (Wildman–Crippen MR) is 161 cm³/mol. The van der Waals surface area contributed by atoms with E-state index in [1.165, 1.54) is 24.3 Å². The predicted octanol–water partition coefficient (Wildman–Crippen LogP) is 4.95. The Bertz CT molecular complexity index is 2400. The number of phenolic OH excluding ortho intramolecular Hbond substituents is 4. The van der Waals surface area contributed by atoms with Crippen LogP contribution < -0.4 is 9.97 Å². The maximum Gasteiger partial charge on any atom is 2.00 e. The van der Waals surface area contributed by atoms with Gasteiger partial charge in [0.15, 0.2) is 0 Å². The molecule has 0 saturated heterocycles. The van der Waals surface area contributed by atoms with E-state index in [1.807, 2.05) is 0 Å². The van der Waals surface area contributed by atoms with Crippen molar-refractivity contribution in [2.75, 3.05) is 0 Å². The van der Waals surface area contributed by atoms with E-state index in [2.05, 4.69) is 0 Å². The molecule has 45 heavy (non-hydrogen) atoms. The third kappa shape index (κ3) is 4.06. The molecule has 0 atom stereocenters. The van der Waals surface area contributed by atoms with Gasteiger partial charge >= 0.3 is 17.1 Å². The van der Waals surface area contributed by atoms with Gasteiger partial charge in [0.1, 0.15) is 23.0 Å². The van der Waals surface area contributed by atoms with E-state index in [0.717, 1.165) is 0 Å². The van der Waals surface area contributed by atoms with Crippen molar-refractivity contribution in [2.24, 2.45) is 0 Å². The Morgan fingerprint density at radius 1 is 0.356 bits per heavy atom. The molecule has 0 spiro atoms. The van der Waals surface area contributed by atoms with Crippen LogP contribution in [0.3, 0.4) is 0 Å². The number of rotatable bonds is 0. The number of aromatic nitrogens is 8. The SMILES string of the molecule is Oc1ccc2c(c1)-c1nc-2nc2[n-]c(nc3nc(nc4[n-]c(n1)c1ccc(O)cc41)-c1ccc(O)cc1-3)c1ccc(O)cc21.[Cu+2]. The third-order valence-electron chi connectivity index (χ3n) is 7.63. The van der Waals surface area contributed by atoms with Crippen LogP contribution >= 0.6 is 0 Å². The summed E-state index contributed by atoms with van der Waals surface area (Å²) in [6, 6.07) is 19.1. The van der Waals surface area contributed by atoms with Crippen LogP contribution in [0.2, 0.25) is 0 Å². The van der Waals surface area contributed by atoms with Crippen molar-refractivity contribution in [1.29, 1.82) is 0 Å². The molecule has 0 amide bonds. The van der Waals surface area contributed by atoms with Gasteiger partial charge in [-0.2, -0.15) is 0 Å². The minimum absolute atomic E-state index is 0. The maximum atomic E-state index is 10.3. The van der Waals surface area contributed by atoms with E-state index >= 15 is 0 Å². The Morgan fingerprint density at radius 3 is 1.11 bits per heavy atom. The zero-order valence-electron chi connectivity index (χ0n) is 22.6. The fourth-order valence-electron chi connectivity index (χ4n) is 5.62. The molecule has 12 nitrogen and oxygen atoms in total. The summed E-state index contributed by atoms with van der Waals surface area (Å²) in [4.78, 5) is 38.0. The summed E-state index contributed by atoms with van der Waals surface area (Å²) in [5.74, 6) is 1.22. The van der Waals surface area contributed by atoms with Crippen molar-refractivity contribution in [3.8, 4) is 68.5 Å². The second kappa shape index (κ2) is 9.48. The minimum atomic E-state index is 0. The van der Waals surface area contributed by atoms with Crippen LogP contribution in [0.1, 0.15) is 0 Å². The van der Waals surface area contributed by atoms with Crippen molar-refractivity contribution in [3.63, 3.8) is 0 Å². The van der Waals surface area contributed by atoms with Crippen LogP contribution in [-0.2, 0) is 17.1 Å². The van der Waals surface area contributed by atoms with Gasteiger partial charge in [-0.05, 0) is 94.3 Å². The number of hydrogen-bond acceptors (Lipinski definition) is 10. The molecule has 0 unspecified atom stereocenters. The smallest absolute Gasteiger partial charge is 0.508 e. The largest absolute Gasteiger partial charge is 2.00 e. The first-order chi connectivity index (χ1) is 21.4. The molecule has 5 heterocycles. The van der Waals surface area contributed by atoms with Gasteiger partial charge in [0, 0.05) is 44.8 Å². The number of aromatic hydroxyl groups is 4. The minimum Gasteiger partial charge on any atom is -0.508 e. The summed E-state index contributed by atoms with van der Waals surface area (Å²) in [5, 5.41) is 43.6. The van der Waals surface area contributed by atoms with Gasteiger partial charge in [0.05, 0.1) is 23.3 Å². The Balaban J connectivity index is 0.00000300. The molecule has 4 N–H and O–H groups in total. The van der Waals surface area contributed by atoms with E-state index in [1.54, 1.807) is 48.5 Å². The van der Waals surface area contributed by atoms with E-state index in [9.17, 15) is 20.4 Å². The van der Waals surface area contributed by atoms with Gasteiger partial charge in [0.25, 0.3) is 0 Å². The fourth-order valence-corrected chi connectivity index (χ4v) is 5.62. The average Bonchev–Trinajstić information content (AvgIpc) is 3.71. The molecular weight excluding hydrogens is 624 g/mol. The Hall–Kier alpha value is -6.04. The van der Waals surface area contributed by atoms with Crippen LogP contribution in [0.25, 0.3) is 89.7 Å². The van der Waals surface area contributed by atoms with Crippen molar-refractivity contribution in [2.45, 2.75) is 0 Å². The van der Waals surface area contributed by atoms with Crippen LogP contribution in [0.4, 0.5) is 0 Å². The molecule has 2 aliphatic rings. The number of fused-ring (bicyclic) bond motifs is 20. The maximum absolute atomic E-state index is 10.3. The molecule has 0 saturated carbocycles. The standard InChI is InChI=1S/C32H16N8O4.Cu/c41-13-1-5-17-21(9-13)29-33-25(17)37-30-22-10-14(42)2-6-18(22)27(34-30)39-32-24-12-16(44)4-8-20(24)28(36-32)40-31-23-11-15(43)3-7-19(23)26(35-31)38-29;/h1-12H,(H4-2,33,34,35,36,37,38,39,40,41,42,43,44);/q-2;+2. The first-order valence-corrected chi connectivity index (χ1v) is 13.4. The zero-order chi connectivity index (χ0) is 29.7. The van der Waals surface area contributed by atoms with E-state index in [-0.39, 0.29) is 63.0 Å². The molecule has 9 rings (SSSR count). The summed E-state index contributed by atoms with van der Waals surface area (Å²) in [5.41, 5.74) is 3.42. The Kier molecular flexibility index (Phi) is 5.60. The topological polar surface area (TPSA) is 186 Å². The van der Waals surface area contributed by atoms with Crippen molar-refractivity contribution in [1.82, 2.24) is 39.9 Å². The number of benzene rings is 4. The molecule has 2 aliphatic heterocycles. The first kappa shape index (κ1) is 26.6. The molecule has 4 aromatic carbocycles.